The van der Waals surface area contributed by atoms with E-state index in [-0.39, 0.29) is 17.8 Å². The van der Waals surface area contributed by atoms with E-state index in [4.69, 9.17) is 0 Å². The minimum Gasteiger partial charge on any atom is -0.326 e. The van der Waals surface area contributed by atoms with Crippen molar-refractivity contribution in [3.05, 3.63) is 46.2 Å². The summed E-state index contributed by atoms with van der Waals surface area (Å²) in [7, 11) is 0. The molecule has 2 aromatic rings. The van der Waals surface area contributed by atoms with E-state index < -0.39 is 23.6 Å². The molecule has 0 unspecified atom stereocenters. The van der Waals surface area contributed by atoms with Gasteiger partial charge in [-0.15, -0.1) is 11.3 Å². The third kappa shape index (κ3) is 4.82. The summed E-state index contributed by atoms with van der Waals surface area (Å²) in [6, 6.07) is 6.71. The molecule has 2 N–H and O–H groups in total. The van der Waals surface area contributed by atoms with E-state index in [2.05, 4.69) is 10.6 Å². The molecular weight excluding hydrogens is 329 g/mol. The van der Waals surface area contributed by atoms with Crippen LogP contribution >= 0.6 is 11.3 Å². The van der Waals surface area contributed by atoms with Crippen molar-refractivity contribution in [3.63, 3.8) is 0 Å². The first kappa shape index (κ1) is 17.0. The summed E-state index contributed by atoms with van der Waals surface area (Å²) >= 11 is 1.35. The lowest BCUT2D eigenvalue weighted by molar-refractivity contribution is -0.137. The molecule has 2 amide bonds. The fourth-order valence-electron chi connectivity index (χ4n) is 1.93. The number of carbonyl (C=O) groups is 2. The smallest absolute Gasteiger partial charge is 0.326 e. The van der Waals surface area contributed by atoms with Crippen LogP contribution in [0, 0.1) is 0 Å². The molecule has 1 aromatic carbocycles. The molecule has 0 bridgehead atoms. The summed E-state index contributed by atoms with van der Waals surface area (Å²) in [5, 5.41) is 6.34. The highest BCUT2D eigenvalue weighted by Gasteiger charge is 2.34. The molecule has 0 aliphatic heterocycles. The second-order valence-corrected chi connectivity index (χ2v) is 5.78. The summed E-state index contributed by atoms with van der Waals surface area (Å²) in [6.45, 7) is 1.20. The van der Waals surface area contributed by atoms with Gasteiger partial charge in [0.2, 0.25) is 11.8 Å². The average molecular weight is 342 g/mol. The molecule has 0 radical (unpaired) electrons. The number of benzene rings is 1. The summed E-state index contributed by atoms with van der Waals surface area (Å²) in [5.41, 5.74) is -1.34. The van der Waals surface area contributed by atoms with Crippen LogP contribution in [0.4, 0.5) is 24.5 Å². The standard InChI is InChI=1S/C15H13F3N2O2S/c1-9(21)19-10-4-5-13(12(7-10)15(16,17)18)20-14(22)8-11-3-2-6-23-11/h2-7H,8H2,1H3,(H,19,21)(H,20,22). The van der Waals surface area contributed by atoms with E-state index in [1.165, 1.54) is 24.3 Å². The van der Waals surface area contributed by atoms with Crippen molar-refractivity contribution in [3.8, 4) is 0 Å². The summed E-state index contributed by atoms with van der Waals surface area (Å²) in [4.78, 5) is 23.6. The molecule has 0 saturated carbocycles. The molecule has 4 nitrogen and oxygen atoms in total. The molecule has 1 aromatic heterocycles. The number of hydrogen-bond acceptors (Lipinski definition) is 3. The summed E-state index contributed by atoms with van der Waals surface area (Å²) < 4.78 is 39.4. The zero-order chi connectivity index (χ0) is 17.0. The third-order valence-electron chi connectivity index (χ3n) is 2.83. The van der Waals surface area contributed by atoms with E-state index >= 15 is 0 Å². The fourth-order valence-corrected chi connectivity index (χ4v) is 2.64. The Hall–Kier alpha value is -2.35. The maximum absolute atomic E-state index is 13.1. The van der Waals surface area contributed by atoms with Crippen molar-refractivity contribution in [2.75, 3.05) is 10.6 Å². The molecule has 23 heavy (non-hydrogen) atoms. The van der Waals surface area contributed by atoms with Crippen molar-refractivity contribution < 1.29 is 22.8 Å². The van der Waals surface area contributed by atoms with Crippen LogP contribution in [-0.4, -0.2) is 11.8 Å². The lowest BCUT2D eigenvalue weighted by atomic mass is 10.1. The molecule has 0 fully saturated rings. The van der Waals surface area contributed by atoms with Gasteiger partial charge in [0.25, 0.3) is 0 Å². The van der Waals surface area contributed by atoms with Gasteiger partial charge in [-0.2, -0.15) is 13.2 Å². The number of hydrogen-bond donors (Lipinski definition) is 2. The molecule has 8 heteroatoms. The van der Waals surface area contributed by atoms with Gasteiger partial charge >= 0.3 is 6.18 Å². The third-order valence-corrected chi connectivity index (χ3v) is 3.71. The van der Waals surface area contributed by atoms with Crippen LogP contribution in [0.15, 0.2) is 35.7 Å². The number of nitrogens with one attached hydrogen (secondary N) is 2. The van der Waals surface area contributed by atoms with Crippen molar-refractivity contribution in [1.82, 2.24) is 0 Å². The van der Waals surface area contributed by atoms with Crippen LogP contribution < -0.4 is 10.6 Å². The number of halogens is 3. The second-order valence-electron chi connectivity index (χ2n) is 4.74. The SMILES string of the molecule is CC(=O)Nc1ccc(NC(=O)Cc2cccs2)c(C(F)(F)F)c1. The van der Waals surface area contributed by atoms with Crippen molar-refractivity contribution >= 4 is 34.5 Å². The first-order valence-corrected chi connectivity index (χ1v) is 7.45. The van der Waals surface area contributed by atoms with Crippen molar-refractivity contribution in [1.29, 1.82) is 0 Å². The highest BCUT2D eigenvalue weighted by molar-refractivity contribution is 7.10. The largest absolute Gasteiger partial charge is 0.418 e. The maximum atomic E-state index is 13.1. The van der Waals surface area contributed by atoms with Crippen LogP contribution in [0.2, 0.25) is 0 Å². The monoisotopic (exact) mass is 342 g/mol. The second kappa shape index (κ2) is 6.82. The normalized spacial score (nSPS) is 11.1. The van der Waals surface area contributed by atoms with Gasteiger partial charge in [0.1, 0.15) is 0 Å². The Kier molecular flexibility index (Phi) is 5.05. The van der Waals surface area contributed by atoms with E-state index in [1.54, 1.807) is 17.5 Å². The van der Waals surface area contributed by atoms with Crippen LogP contribution in [0.3, 0.4) is 0 Å². The van der Waals surface area contributed by atoms with Gasteiger partial charge in [-0.1, -0.05) is 6.07 Å². The molecule has 122 valence electrons. The quantitative estimate of drug-likeness (QED) is 0.885. The zero-order valence-electron chi connectivity index (χ0n) is 12.0. The Labute approximate surface area is 134 Å². The topological polar surface area (TPSA) is 58.2 Å². The minimum absolute atomic E-state index is 0.00239. The van der Waals surface area contributed by atoms with Crippen molar-refractivity contribution in [2.45, 2.75) is 19.5 Å². The average Bonchev–Trinajstić information content (AvgIpc) is 2.91. The Morgan fingerprint density at radius 2 is 1.91 bits per heavy atom. The van der Waals surface area contributed by atoms with Gasteiger partial charge in [-0.05, 0) is 29.6 Å². The van der Waals surface area contributed by atoms with E-state index in [1.807, 2.05) is 0 Å². The van der Waals surface area contributed by atoms with Crippen LogP contribution in [-0.2, 0) is 22.2 Å². The van der Waals surface area contributed by atoms with Crippen LogP contribution in [0.1, 0.15) is 17.4 Å². The number of thiophene rings is 1. The van der Waals surface area contributed by atoms with Gasteiger partial charge in [0, 0.05) is 17.5 Å². The predicted molar refractivity (Wildman–Crippen MR) is 82.4 cm³/mol. The Bertz CT molecular complexity index is 712. The first-order chi connectivity index (χ1) is 10.8. The molecule has 0 atom stereocenters. The summed E-state index contributed by atoms with van der Waals surface area (Å²) in [5.74, 6) is -1.02. The highest BCUT2D eigenvalue weighted by Crippen LogP contribution is 2.36. The van der Waals surface area contributed by atoms with Gasteiger partial charge in [-0.25, -0.2) is 0 Å². The Morgan fingerprint density at radius 1 is 1.17 bits per heavy atom. The van der Waals surface area contributed by atoms with E-state index in [9.17, 15) is 22.8 Å². The first-order valence-electron chi connectivity index (χ1n) is 6.57. The van der Waals surface area contributed by atoms with E-state index in [0.29, 0.717) is 0 Å². The maximum Gasteiger partial charge on any atom is 0.418 e. The number of carbonyl (C=O) groups excluding carboxylic acids is 2. The molecular formula is C15H13F3N2O2S. The number of rotatable bonds is 4. The fraction of sp³-hybridized carbons (Fsp3) is 0.200. The molecule has 0 saturated heterocycles. The minimum atomic E-state index is -4.65. The molecule has 0 aliphatic carbocycles. The molecule has 2 rings (SSSR count). The lowest BCUT2D eigenvalue weighted by Gasteiger charge is -2.15. The summed E-state index contributed by atoms with van der Waals surface area (Å²) in [6.07, 6.45) is -4.65. The van der Waals surface area contributed by atoms with Crippen LogP contribution in [0.25, 0.3) is 0 Å². The van der Waals surface area contributed by atoms with Gasteiger partial charge in [0.15, 0.2) is 0 Å². The molecule has 0 aliphatic rings. The Morgan fingerprint density at radius 3 is 2.48 bits per heavy atom. The molecule has 1 heterocycles. The zero-order valence-corrected chi connectivity index (χ0v) is 12.8. The Balaban J connectivity index is 2.23. The molecule has 0 spiro atoms. The van der Waals surface area contributed by atoms with E-state index in [0.717, 1.165) is 17.0 Å². The van der Waals surface area contributed by atoms with Crippen LogP contribution in [0.5, 0.6) is 0 Å². The number of anilines is 2. The van der Waals surface area contributed by atoms with Gasteiger partial charge in [-0.3, -0.25) is 9.59 Å². The highest BCUT2D eigenvalue weighted by atomic mass is 32.1. The number of alkyl halides is 3. The number of amides is 2. The van der Waals surface area contributed by atoms with Crippen molar-refractivity contribution in [2.24, 2.45) is 0 Å². The predicted octanol–water partition coefficient (Wildman–Crippen LogP) is 3.91. The lowest BCUT2D eigenvalue weighted by Crippen LogP contribution is -2.18. The van der Waals surface area contributed by atoms with Gasteiger partial charge in [0.05, 0.1) is 17.7 Å². The van der Waals surface area contributed by atoms with Gasteiger partial charge < -0.3 is 10.6 Å².